The summed E-state index contributed by atoms with van der Waals surface area (Å²) in [6, 6.07) is 13.5. The molecule has 0 aliphatic carbocycles. The largest absolute Gasteiger partial charge is 0.490 e. The molecular weight excluding hydrogens is 469 g/mol. The van der Waals surface area contributed by atoms with E-state index < -0.39 is 17.5 Å². The van der Waals surface area contributed by atoms with Gasteiger partial charge in [0, 0.05) is 49.8 Å². The van der Waals surface area contributed by atoms with E-state index >= 15 is 0 Å². The number of hydrogen-bond acceptors (Lipinski definition) is 4. The maximum Gasteiger partial charge on any atom is 0.416 e. The monoisotopic (exact) mass is 496 g/mol. The van der Waals surface area contributed by atoms with E-state index in [0.29, 0.717) is 42.8 Å². The number of halogens is 3. The first-order valence-electron chi connectivity index (χ1n) is 11.8. The van der Waals surface area contributed by atoms with Gasteiger partial charge >= 0.3 is 6.18 Å². The topological polar surface area (TPSA) is 59.5 Å². The summed E-state index contributed by atoms with van der Waals surface area (Å²) in [5.41, 5.74) is 2.16. The van der Waals surface area contributed by atoms with Crippen molar-refractivity contribution in [1.82, 2.24) is 9.88 Å². The summed E-state index contributed by atoms with van der Waals surface area (Å²) in [6.45, 7) is 4.89. The quantitative estimate of drug-likeness (QED) is 0.403. The Morgan fingerprint density at radius 1 is 1.00 bits per heavy atom. The van der Waals surface area contributed by atoms with Gasteiger partial charge in [0.2, 0.25) is 0 Å². The lowest BCUT2D eigenvalue weighted by Gasteiger charge is -2.32. The molecule has 0 unspecified atom stereocenters. The van der Waals surface area contributed by atoms with E-state index in [4.69, 9.17) is 4.74 Å². The van der Waals surface area contributed by atoms with Crippen molar-refractivity contribution in [2.24, 2.45) is 0 Å². The van der Waals surface area contributed by atoms with Crippen LogP contribution in [0.25, 0.3) is 0 Å². The first-order valence-corrected chi connectivity index (χ1v) is 11.8. The van der Waals surface area contributed by atoms with Crippen LogP contribution < -0.4 is 4.74 Å². The standard InChI is InChI=1S/C28H27F3N2O3/c1-18-6-8-20(14-25(34)21-4-3-5-23(16-21)28(29,30)31)15-26(18)36-24-10-12-33(13-11-24)27(35)22-9-7-19(2)32-17-22/h3-9,15-17,24H,10-14H2,1-2H3. The van der Waals surface area contributed by atoms with Crippen LogP contribution in [-0.2, 0) is 12.6 Å². The third-order valence-electron chi connectivity index (χ3n) is 6.31. The van der Waals surface area contributed by atoms with Gasteiger partial charge in [-0.3, -0.25) is 14.6 Å². The molecule has 0 bridgehead atoms. The van der Waals surface area contributed by atoms with Crippen molar-refractivity contribution in [3.05, 3.63) is 94.3 Å². The predicted molar refractivity (Wildman–Crippen MR) is 129 cm³/mol. The molecule has 0 N–H and O–H groups in total. The van der Waals surface area contributed by atoms with Crippen LogP contribution in [0.1, 0.15) is 55.9 Å². The third-order valence-corrected chi connectivity index (χ3v) is 6.31. The molecule has 0 saturated carbocycles. The molecule has 36 heavy (non-hydrogen) atoms. The summed E-state index contributed by atoms with van der Waals surface area (Å²) in [6.07, 6.45) is -1.70. The molecule has 2 aromatic carbocycles. The lowest BCUT2D eigenvalue weighted by atomic mass is 10.00. The highest BCUT2D eigenvalue weighted by molar-refractivity contribution is 5.97. The molecular formula is C28H27F3N2O3. The fourth-order valence-electron chi connectivity index (χ4n) is 4.17. The third kappa shape index (κ3) is 6.11. The zero-order valence-corrected chi connectivity index (χ0v) is 20.1. The highest BCUT2D eigenvalue weighted by Crippen LogP contribution is 2.30. The molecule has 0 radical (unpaired) electrons. The van der Waals surface area contributed by atoms with Gasteiger partial charge in [0.1, 0.15) is 11.9 Å². The lowest BCUT2D eigenvalue weighted by Crippen LogP contribution is -2.41. The van der Waals surface area contributed by atoms with E-state index in [0.717, 1.165) is 23.4 Å². The zero-order valence-electron chi connectivity index (χ0n) is 20.1. The van der Waals surface area contributed by atoms with Gasteiger partial charge in [-0.1, -0.05) is 24.3 Å². The van der Waals surface area contributed by atoms with E-state index in [9.17, 15) is 22.8 Å². The second-order valence-electron chi connectivity index (χ2n) is 9.08. The molecule has 4 rings (SSSR count). The van der Waals surface area contributed by atoms with Gasteiger partial charge in [-0.25, -0.2) is 0 Å². The van der Waals surface area contributed by atoms with Gasteiger partial charge < -0.3 is 9.64 Å². The molecule has 0 atom stereocenters. The van der Waals surface area contributed by atoms with Crippen LogP contribution in [0.2, 0.25) is 0 Å². The first kappa shape index (κ1) is 25.4. The Bertz CT molecular complexity index is 1250. The molecule has 8 heteroatoms. The summed E-state index contributed by atoms with van der Waals surface area (Å²) in [7, 11) is 0. The average molecular weight is 497 g/mol. The normalized spacial score (nSPS) is 14.5. The Hall–Kier alpha value is -3.68. The van der Waals surface area contributed by atoms with Crippen LogP contribution in [0.5, 0.6) is 5.75 Å². The van der Waals surface area contributed by atoms with E-state index in [2.05, 4.69) is 4.98 Å². The Kier molecular flexibility index (Phi) is 7.43. The molecule has 1 amide bonds. The van der Waals surface area contributed by atoms with Gasteiger partial charge in [-0.2, -0.15) is 13.2 Å². The van der Waals surface area contributed by atoms with E-state index in [1.165, 1.54) is 12.1 Å². The number of nitrogens with zero attached hydrogens (tertiary/aromatic N) is 2. The molecule has 188 valence electrons. The summed E-state index contributed by atoms with van der Waals surface area (Å²) < 4.78 is 45.2. The molecule has 1 aliphatic rings. The van der Waals surface area contributed by atoms with Crippen molar-refractivity contribution < 1.29 is 27.5 Å². The van der Waals surface area contributed by atoms with E-state index in [1.807, 2.05) is 26.0 Å². The summed E-state index contributed by atoms with van der Waals surface area (Å²) >= 11 is 0. The molecule has 1 aliphatic heterocycles. The van der Waals surface area contributed by atoms with Crippen molar-refractivity contribution in [2.45, 2.75) is 45.4 Å². The molecule has 0 spiro atoms. The predicted octanol–water partition coefficient (Wildman–Crippen LogP) is 5.83. The second-order valence-corrected chi connectivity index (χ2v) is 9.08. The maximum atomic E-state index is 13.0. The van der Waals surface area contributed by atoms with Gasteiger partial charge in [0.05, 0.1) is 11.1 Å². The Morgan fingerprint density at radius 2 is 1.75 bits per heavy atom. The number of ketones is 1. The number of Topliss-reactive ketones (excluding diaryl/α,β-unsaturated/α-hetero) is 1. The minimum Gasteiger partial charge on any atom is -0.490 e. The fourth-order valence-corrected chi connectivity index (χ4v) is 4.17. The van der Waals surface area contributed by atoms with E-state index in [1.54, 1.807) is 29.3 Å². The number of hydrogen-bond donors (Lipinski definition) is 0. The number of aromatic nitrogens is 1. The van der Waals surface area contributed by atoms with Crippen LogP contribution >= 0.6 is 0 Å². The number of rotatable bonds is 6. The van der Waals surface area contributed by atoms with Crippen LogP contribution in [-0.4, -0.2) is 40.8 Å². The number of pyridine rings is 1. The summed E-state index contributed by atoms with van der Waals surface area (Å²) in [4.78, 5) is 31.4. The van der Waals surface area contributed by atoms with Crippen LogP contribution in [0.15, 0.2) is 60.8 Å². The first-order chi connectivity index (χ1) is 17.1. The van der Waals surface area contributed by atoms with Gasteiger partial charge in [-0.15, -0.1) is 0 Å². The number of piperidine rings is 1. The number of ether oxygens (including phenoxy) is 1. The summed E-state index contributed by atoms with van der Waals surface area (Å²) in [5, 5.41) is 0. The minimum absolute atomic E-state index is 0.0219. The number of benzene rings is 2. The van der Waals surface area contributed by atoms with E-state index in [-0.39, 0.29) is 24.0 Å². The molecule has 3 aromatic rings. The highest BCUT2D eigenvalue weighted by atomic mass is 19.4. The van der Waals surface area contributed by atoms with Crippen LogP contribution in [0, 0.1) is 13.8 Å². The van der Waals surface area contributed by atoms with Gasteiger partial charge in [0.15, 0.2) is 5.78 Å². The maximum absolute atomic E-state index is 13.0. The SMILES string of the molecule is Cc1ccc(C(=O)N2CCC(Oc3cc(CC(=O)c4cccc(C(F)(F)F)c4)ccc3C)CC2)cn1. The molecule has 2 heterocycles. The lowest BCUT2D eigenvalue weighted by molar-refractivity contribution is -0.137. The Balaban J connectivity index is 1.37. The minimum atomic E-state index is -4.50. The Labute approximate surface area is 207 Å². The van der Waals surface area contributed by atoms with Crippen molar-refractivity contribution >= 4 is 11.7 Å². The van der Waals surface area contributed by atoms with Gasteiger partial charge in [0.25, 0.3) is 5.91 Å². The zero-order chi connectivity index (χ0) is 25.9. The van der Waals surface area contributed by atoms with Crippen molar-refractivity contribution in [2.75, 3.05) is 13.1 Å². The fraction of sp³-hybridized carbons (Fsp3) is 0.321. The second kappa shape index (κ2) is 10.5. The van der Waals surface area contributed by atoms with Crippen molar-refractivity contribution in [3.63, 3.8) is 0 Å². The average Bonchev–Trinajstić information content (AvgIpc) is 2.86. The molecule has 5 nitrogen and oxygen atoms in total. The summed E-state index contributed by atoms with van der Waals surface area (Å²) in [5.74, 6) is 0.192. The smallest absolute Gasteiger partial charge is 0.416 e. The molecule has 1 aromatic heterocycles. The van der Waals surface area contributed by atoms with Gasteiger partial charge in [-0.05, 0) is 55.3 Å². The number of likely N-dealkylation sites (tertiary alicyclic amines) is 1. The number of alkyl halides is 3. The van der Waals surface area contributed by atoms with Crippen LogP contribution in [0.4, 0.5) is 13.2 Å². The molecule has 1 fully saturated rings. The van der Waals surface area contributed by atoms with Crippen LogP contribution in [0.3, 0.4) is 0 Å². The number of carbonyl (C=O) groups is 2. The number of carbonyl (C=O) groups excluding carboxylic acids is 2. The molecule has 1 saturated heterocycles. The highest BCUT2D eigenvalue weighted by Gasteiger charge is 2.31. The number of amides is 1. The van der Waals surface area contributed by atoms with Crippen molar-refractivity contribution in [1.29, 1.82) is 0 Å². The number of aryl methyl sites for hydroxylation is 2. The van der Waals surface area contributed by atoms with Crippen molar-refractivity contribution in [3.8, 4) is 5.75 Å². The Morgan fingerprint density at radius 3 is 2.42 bits per heavy atom.